The number of aryl methyl sites for hydroxylation is 1. The van der Waals surface area contributed by atoms with Crippen LogP contribution in [0.3, 0.4) is 0 Å². The molecular formula is C22H20BrNO4S. The molecule has 0 aliphatic carbocycles. The summed E-state index contributed by atoms with van der Waals surface area (Å²) in [6, 6.07) is 15.0. The van der Waals surface area contributed by atoms with Crippen molar-refractivity contribution in [3.63, 3.8) is 0 Å². The Hall–Kier alpha value is -2.64. The molecule has 1 aromatic heterocycles. The molecule has 150 valence electrons. The van der Waals surface area contributed by atoms with Crippen molar-refractivity contribution in [1.82, 2.24) is 0 Å². The zero-order valence-electron chi connectivity index (χ0n) is 16.0. The number of amides is 1. The number of benzene rings is 2. The summed E-state index contributed by atoms with van der Waals surface area (Å²) in [4.78, 5) is 25.0. The number of halogens is 1. The predicted molar refractivity (Wildman–Crippen MR) is 119 cm³/mol. The second-order valence-electron chi connectivity index (χ2n) is 6.23. The number of rotatable bonds is 7. The maximum Gasteiger partial charge on any atom is 0.341 e. The molecule has 5 nitrogen and oxygen atoms in total. The fraction of sp³-hybridized carbons (Fsp3) is 0.182. The summed E-state index contributed by atoms with van der Waals surface area (Å²) in [5.41, 5.74) is 3.11. The van der Waals surface area contributed by atoms with Crippen LogP contribution in [0, 0.1) is 6.92 Å². The van der Waals surface area contributed by atoms with Crippen LogP contribution in [0.1, 0.15) is 22.8 Å². The molecule has 3 rings (SSSR count). The summed E-state index contributed by atoms with van der Waals surface area (Å²) in [5.74, 6) is -0.232. The van der Waals surface area contributed by atoms with Crippen molar-refractivity contribution < 1.29 is 19.1 Å². The van der Waals surface area contributed by atoms with Crippen molar-refractivity contribution in [2.45, 2.75) is 13.8 Å². The molecule has 1 N–H and O–H groups in total. The number of nitrogens with one attached hydrogen (secondary N) is 1. The Morgan fingerprint density at radius 3 is 2.41 bits per heavy atom. The molecule has 3 aromatic rings. The number of hydrogen-bond donors (Lipinski definition) is 1. The maximum atomic E-state index is 12.6. The van der Waals surface area contributed by atoms with Crippen LogP contribution in [0.2, 0.25) is 0 Å². The van der Waals surface area contributed by atoms with E-state index in [2.05, 4.69) is 21.2 Å². The first-order chi connectivity index (χ1) is 14.0. The van der Waals surface area contributed by atoms with Gasteiger partial charge in [-0.05, 0) is 43.7 Å². The Morgan fingerprint density at radius 2 is 1.76 bits per heavy atom. The molecule has 0 aliphatic rings. The molecule has 0 atom stereocenters. The number of anilines is 1. The van der Waals surface area contributed by atoms with E-state index in [9.17, 15) is 9.59 Å². The van der Waals surface area contributed by atoms with E-state index in [-0.39, 0.29) is 19.1 Å². The van der Waals surface area contributed by atoms with Crippen LogP contribution in [0.25, 0.3) is 11.1 Å². The minimum absolute atomic E-state index is 0.165. The quantitative estimate of drug-likeness (QED) is 0.448. The molecule has 7 heteroatoms. The Kier molecular flexibility index (Phi) is 7.06. The van der Waals surface area contributed by atoms with Crippen molar-refractivity contribution >= 4 is 44.1 Å². The van der Waals surface area contributed by atoms with Crippen LogP contribution >= 0.6 is 27.3 Å². The van der Waals surface area contributed by atoms with Gasteiger partial charge in [0.2, 0.25) is 0 Å². The van der Waals surface area contributed by atoms with Crippen LogP contribution in [0.5, 0.6) is 5.75 Å². The smallest absolute Gasteiger partial charge is 0.341 e. The van der Waals surface area contributed by atoms with Gasteiger partial charge in [0.05, 0.1) is 6.61 Å². The highest BCUT2D eigenvalue weighted by Gasteiger charge is 2.22. The number of carbonyl (C=O) groups excluding carboxylic acids is 2. The summed E-state index contributed by atoms with van der Waals surface area (Å²) in [7, 11) is 0. The van der Waals surface area contributed by atoms with Gasteiger partial charge < -0.3 is 14.8 Å². The Balaban J connectivity index is 1.78. The molecule has 0 unspecified atom stereocenters. The Bertz CT molecular complexity index is 997. The van der Waals surface area contributed by atoms with Gasteiger partial charge in [-0.2, -0.15) is 0 Å². The van der Waals surface area contributed by atoms with Crippen molar-refractivity contribution in [2.24, 2.45) is 0 Å². The highest BCUT2D eigenvalue weighted by atomic mass is 79.9. The first-order valence-electron chi connectivity index (χ1n) is 9.01. The van der Waals surface area contributed by atoms with Crippen molar-refractivity contribution in [3.8, 4) is 16.9 Å². The largest absolute Gasteiger partial charge is 0.484 e. The van der Waals surface area contributed by atoms with Gasteiger partial charge in [0.1, 0.15) is 16.3 Å². The molecule has 0 aliphatic heterocycles. The van der Waals surface area contributed by atoms with Gasteiger partial charge in [-0.15, -0.1) is 11.3 Å². The molecule has 29 heavy (non-hydrogen) atoms. The zero-order valence-corrected chi connectivity index (χ0v) is 18.4. The Morgan fingerprint density at radius 1 is 1.07 bits per heavy atom. The number of esters is 1. The summed E-state index contributed by atoms with van der Waals surface area (Å²) in [5, 5.41) is 5.07. The lowest BCUT2D eigenvalue weighted by atomic mass is 10.0. The zero-order chi connectivity index (χ0) is 20.8. The van der Waals surface area contributed by atoms with Gasteiger partial charge in [-0.1, -0.05) is 45.8 Å². The van der Waals surface area contributed by atoms with Gasteiger partial charge in [0, 0.05) is 15.4 Å². The minimum Gasteiger partial charge on any atom is -0.484 e. The van der Waals surface area contributed by atoms with Gasteiger partial charge in [0.15, 0.2) is 6.61 Å². The highest BCUT2D eigenvalue weighted by Crippen LogP contribution is 2.36. The standard InChI is InChI=1S/C22H20BrNO4S/c1-3-27-22(26)20-18(15-6-4-14(2)5-7-15)13-29-21(20)24-19(25)12-28-17-10-8-16(23)9-11-17/h4-11,13H,3,12H2,1-2H3,(H,24,25). The molecule has 0 spiro atoms. The molecule has 0 saturated carbocycles. The van der Waals surface area contributed by atoms with Gasteiger partial charge in [0.25, 0.3) is 5.91 Å². The summed E-state index contributed by atoms with van der Waals surface area (Å²) >= 11 is 4.64. The molecular weight excluding hydrogens is 454 g/mol. The Labute approximate surface area is 181 Å². The van der Waals surface area contributed by atoms with Crippen molar-refractivity contribution in [3.05, 3.63) is 69.5 Å². The van der Waals surface area contributed by atoms with Crippen LogP contribution in [-0.2, 0) is 9.53 Å². The number of hydrogen-bond acceptors (Lipinski definition) is 5. The van der Waals surface area contributed by atoms with Gasteiger partial charge in [-0.3, -0.25) is 4.79 Å². The third-order valence-electron chi connectivity index (χ3n) is 4.07. The molecule has 0 saturated heterocycles. The van der Waals surface area contributed by atoms with Crippen LogP contribution in [0.15, 0.2) is 58.4 Å². The first kappa shape index (κ1) is 21.1. The average molecular weight is 474 g/mol. The lowest BCUT2D eigenvalue weighted by molar-refractivity contribution is -0.118. The second-order valence-corrected chi connectivity index (χ2v) is 8.03. The summed E-state index contributed by atoms with van der Waals surface area (Å²) < 4.78 is 11.6. The van der Waals surface area contributed by atoms with Gasteiger partial charge >= 0.3 is 5.97 Å². The van der Waals surface area contributed by atoms with Crippen LogP contribution in [0.4, 0.5) is 5.00 Å². The molecule has 0 fully saturated rings. The molecule has 2 aromatic carbocycles. The third kappa shape index (κ3) is 5.46. The topological polar surface area (TPSA) is 64.6 Å². The number of ether oxygens (including phenoxy) is 2. The van der Waals surface area contributed by atoms with E-state index in [4.69, 9.17) is 9.47 Å². The predicted octanol–water partition coefficient (Wildman–Crippen LogP) is 5.68. The van der Waals surface area contributed by atoms with E-state index in [0.717, 1.165) is 21.2 Å². The SMILES string of the molecule is CCOC(=O)c1c(-c2ccc(C)cc2)csc1NC(=O)COc1ccc(Br)cc1. The van der Waals surface area contributed by atoms with E-state index in [1.165, 1.54) is 11.3 Å². The second kappa shape index (κ2) is 9.71. The lowest BCUT2D eigenvalue weighted by Gasteiger charge is -2.10. The molecule has 0 radical (unpaired) electrons. The highest BCUT2D eigenvalue weighted by molar-refractivity contribution is 9.10. The van der Waals surface area contributed by atoms with E-state index in [0.29, 0.717) is 16.3 Å². The van der Waals surface area contributed by atoms with Crippen molar-refractivity contribution in [2.75, 3.05) is 18.5 Å². The molecule has 1 amide bonds. The van der Waals surface area contributed by atoms with Crippen LogP contribution in [-0.4, -0.2) is 25.1 Å². The van der Waals surface area contributed by atoms with E-state index in [1.54, 1.807) is 19.1 Å². The summed E-state index contributed by atoms with van der Waals surface area (Å²) in [6.45, 7) is 3.84. The number of carbonyl (C=O) groups is 2. The third-order valence-corrected chi connectivity index (χ3v) is 5.49. The van der Waals surface area contributed by atoms with E-state index >= 15 is 0 Å². The lowest BCUT2D eigenvalue weighted by Crippen LogP contribution is -2.21. The maximum absolute atomic E-state index is 12.6. The first-order valence-corrected chi connectivity index (χ1v) is 10.7. The van der Waals surface area contributed by atoms with Crippen molar-refractivity contribution in [1.29, 1.82) is 0 Å². The minimum atomic E-state index is -0.464. The fourth-order valence-corrected chi connectivity index (χ4v) is 3.88. The normalized spacial score (nSPS) is 10.4. The van der Waals surface area contributed by atoms with Gasteiger partial charge in [-0.25, -0.2) is 4.79 Å². The number of thiophene rings is 1. The molecule has 1 heterocycles. The summed E-state index contributed by atoms with van der Waals surface area (Å²) in [6.07, 6.45) is 0. The average Bonchev–Trinajstić information content (AvgIpc) is 3.12. The van der Waals surface area contributed by atoms with E-state index < -0.39 is 5.97 Å². The molecule has 0 bridgehead atoms. The van der Waals surface area contributed by atoms with E-state index in [1.807, 2.05) is 48.7 Å². The monoisotopic (exact) mass is 473 g/mol. The van der Waals surface area contributed by atoms with Crippen LogP contribution < -0.4 is 10.1 Å². The fourth-order valence-electron chi connectivity index (χ4n) is 2.64.